The fraction of sp³-hybridized carbons (Fsp3) is 0.500. The molecule has 0 fully saturated rings. The van der Waals surface area contributed by atoms with Gasteiger partial charge in [0, 0.05) is 24.3 Å². The minimum absolute atomic E-state index is 0.321. The van der Waals surface area contributed by atoms with E-state index in [-0.39, 0.29) is 0 Å². The molecule has 0 aliphatic heterocycles. The second-order valence-electron chi connectivity index (χ2n) is 5.29. The monoisotopic (exact) mass is 288 g/mol. The van der Waals surface area contributed by atoms with Crippen LogP contribution in [0.3, 0.4) is 0 Å². The van der Waals surface area contributed by atoms with E-state index in [1.54, 1.807) is 6.20 Å². The molecule has 0 atom stereocenters. The molecule has 0 radical (unpaired) electrons. The standard InChI is InChI=1S/C16H24N4O/c1-5-14-7-13(9-17-6-2)8-16(19-14)21-15-10-18-20(11-15)12(3)4/h7-8,10-12,17H,5-6,9H2,1-4H3. The molecule has 21 heavy (non-hydrogen) atoms. The molecular formula is C16H24N4O. The second kappa shape index (κ2) is 7.22. The van der Waals surface area contributed by atoms with Gasteiger partial charge in [0.05, 0.1) is 12.4 Å². The van der Waals surface area contributed by atoms with Crippen LogP contribution in [0.25, 0.3) is 0 Å². The molecule has 0 aliphatic carbocycles. The molecule has 2 heterocycles. The lowest BCUT2D eigenvalue weighted by Crippen LogP contribution is -2.12. The number of ether oxygens (including phenoxy) is 1. The molecule has 0 spiro atoms. The second-order valence-corrected chi connectivity index (χ2v) is 5.29. The van der Waals surface area contributed by atoms with Crippen LogP contribution in [-0.4, -0.2) is 21.3 Å². The van der Waals surface area contributed by atoms with Gasteiger partial charge in [-0.1, -0.05) is 13.8 Å². The topological polar surface area (TPSA) is 52.0 Å². The molecule has 1 N–H and O–H groups in total. The van der Waals surface area contributed by atoms with Crippen LogP contribution in [0.4, 0.5) is 0 Å². The normalized spacial score (nSPS) is 11.1. The van der Waals surface area contributed by atoms with E-state index in [0.29, 0.717) is 11.9 Å². The van der Waals surface area contributed by atoms with Crippen LogP contribution < -0.4 is 10.1 Å². The van der Waals surface area contributed by atoms with Gasteiger partial charge >= 0.3 is 0 Å². The first kappa shape index (κ1) is 15.5. The average molecular weight is 288 g/mol. The van der Waals surface area contributed by atoms with Crippen molar-refractivity contribution in [2.24, 2.45) is 0 Å². The van der Waals surface area contributed by atoms with Gasteiger partial charge in [0.15, 0.2) is 5.75 Å². The van der Waals surface area contributed by atoms with E-state index in [0.717, 1.165) is 31.0 Å². The summed E-state index contributed by atoms with van der Waals surface area (Å²) in [6.45, 7) is 10.1. The van der Waals surface area contributed by atoms with Crippen molar-refractivity contribution in [1.29, 1.82) is 0 Å². The van der Waals surface area contributed by atoms with Crippen LogP contribution in [0.15, 0.2) is 24.5 Å². The maximum Gasteiger partial charge on any atom is 0.219 e. The van der Waals surface area contributed by atoms with Gasteiger partial charge in [-0.15, -0.1) is 0 Å². The summed E-state index contributed by atoms with van der Waals surface area (Å²) in [6.07, 6.45) is 4.51. The molecule has 0 bridgehead atoms. The zero-order valence-corrected chi connectivity index (χ0v) is 13.3. The van der Waals surface area contributed by atoms with Crippen molar-refractivity contribution in [3.63, 3.8) is 0 Å². The zero-order valence-electron chi connectivity index (χ0n) is 13.3. The third-order valence-corrected chi connectivity index (χ3v) is 3.19. The molecule has 2 aromatic heterocycles. The Bertz CT molecular complexity index is 577. The Morgan fingerprint density at radius 1 is 1.29 bits per heavy atom. The van der Waals surface area contributed by atoms with E-state index < -0.39 is 0 Å². The van der Waals surface area contributed by atoms with E-state index in [1.807, 2.05) is 16.9 Å². The van der Waals surface area contributed by atoms with E-state index in [9.17, 15) is 0 Å². The first-order valence-electron chi connectivity index (χ1n) is 7.55. The highest BCUT2D eigenvalue weighted by Gasteiger charge is 2.07. The highest BCUT2D eigenvalue weighted by molar-refractivity contribution is 5.29. The van der Waals surface area contributed by atoms with Crippen molar-refractivity contribution in [2.45, 2.75) is 46.7 Å². The average Bonchev–Trinajstić information content (AvgIpc) is 2.93. The number of hydrogen-bond acceptors (Lipinski definition) is 4. The molecule has 0 saturated carbocycles. The first-order chi connectivity index (χ1) is 10.1. The van der Waals surface area contributed by atoms with Crippen molar-refractivity contribution in [2.75, 3.05) is 6.54 Å². The summed E-state index contributed by atoms with van der Waals surface area (Å²) in [4.78, 5) is 4.52. The van der Waals surface area contributed by atoms with Crippen LogP contribution in [0.1, 0.15) is 45.0 Å². The fourth-order valence-corrected chi connectivity index (χ4v) is 2.00. The van der Waals surface area contributed by atoms with Gasteiger partial charge in [0.2, 0.25) is 5.88 Å². The maximum absolute atomic E-state index is 5.85. The van der Waals surface area contributed by atoms with Crippen LogP contribution >= 0.6 is 0 Å². The molecule has 5 nitrogen and oxygen atoms in total. The summed E-state index contributed by atoms with van der Waals surface area (Å²) >= 11 is 0. The SMILES string of the molecule is CCNCc1cc(CC)nc(Oc2cnn(C(C)C)c2)c1. The lowest BCUT2D eigenvalue weighted by atomic mass is 10.2. The lowest BCUT2D eigenvalue weighted by molar-refractivity contribution is 0.456. The Morgan fingerprint density at radius 3 is 2.71 bits per heavy atom. The summed E-state index contributed by atoms with van der Waals surface area (Å²) in [6, 6.07) is 4.42. The summed E-state index contributed by atoms with van der Waals surface area (Å²) in [5, 5.41) is 7.60. The molecule has 114 valence electrons. The van der Waals surface area contributed by atoms with E-state index in [4.69, 9.17) is 4.74 Å². The number of hydrogen-bond donors (Lipinski definition) is 1. The summed E-state index contributed by atoms with van der Waals surface area (Å²) < 4.78 is 7.72. The Hall–Kier alpha value is -1.88. The smallest absolute Gasteiger partial charge is 0.219 e. The molecule has 2 aromatic rings. The number of rotatable bonds is 7. The number of aryl methyl sites for hydroxylation is 1. The number of nitrogens with one attached hydrogen (secondary N) is 1. The van der Waals surface area contributed by atoms with Gasteiger partial charge in [-0.05, 0) is 38.4 Å². The minimum Gasteiger partial charge on any atom is -0.436 e. The zero-order chi connectivity index (χ0) is 15.2. The van der Waals surface area contributed by atoms with Crippen LogP contribution in [0.5, 0.6) is 11.6 Å². The van der Waals surface area contributed by atoms with Gasteiger partial charge in [-0.3, -0.25) is 4.68 Å². The summed E-state index contributed by atoms with van der Waals surface area (Å²) in [5.41, 5.74) is 2.23. The first-order valence-corrected chi connectivity index (χ1v) is 7.55. The third-order valence-electron chi connectivity index (χ3n) is 3.19. The summed E-state index contributed by atoms with van der Waals surface area (Å²) in [7, 11) is 0. The molecular weight excluding hydrogens is 264 g/mol. The Balaban J connectivity index is 2.17. The number of aromatic nitrogens is 3. The molecule has 0 unspecified atom stereocenters. The number of nitrogens with zero attached hydrogens (tertiary/aromatic N) is 3. The summed E-state index contributed by atoms with van der Waals surface area (Å²) in [5.74, 6) is 1.35. The molecule has 0 aromatic carbocycles. The quantitative estimate of drug-likeness (QED) is 0.849. The van der Waals surface area contributed by atoms with Crippen molar-refractivity contribution in [1.82, 2.24) is 20.1 Å². The molecule has 0 aliphatic rings. The van der Waals surface area contributed by atoms with Crippen LogP contribution in [-0.2, 0) is 13.0 Å². The van der Waals surface area contributed by atoms with Crippen molar-refractivity contribution < 1.29 is 4.74 Å². The Morgan fingerprint density at radius 2 is 2.10 bits per heavy atom. The molecule has 2 rings (SSSR count). The molecule has 0 amide bonds. The van der Waals surface area contributed by atoms with Gasteiger partial charge in [0.25, 0.3) is 0 Å². The van der Waals surface area contributed by atoms with Gasteiger partial charge in [-0.25, -0.2) is 4.98 Å². The Labute approximate surface area is 126 Å². The highest BCUT2D eigenvalue weighted by atomic mass is 16.5. The van der Waals surface area contributed by atoms with E-state index in [1.165, 1.54) is 5.56 Å². The van der Waals surface area contributed by atoms with Crippen molar-refractivity contribution >= 4 is 0 Å². The van der Waals surface area contributed by atoms with Gasteiger partial charge in [0.1, 0.15) is 0 Å². The van der Waals surface area contributed by atoms with E-state index in [2.05, 4.69) is 49.2 Å². The third kappa shape index (κ3) is 4.29. The Kier molecular flexibility index (Phi) is 5.33. The predicted molar refractivity (Wildman–Crippen MR) is 83.7 cm³/mol. The van der Waals surface area contributed by atoms with Crippen LogP contribution in [0, 0.1) is 0 Å². The van der Waals surface area contributed by atoms with E-state index >= 15 is 0 Å². The largest absolute Gasteiger partial charge is 0.436 e. The highest BCUT2D eigenvalue weighted by Crippen LogP contribution is 2.22. The fourth-order valence-electron chi connectivity index (χ4n) is 2.00. The molecule has 5 heteroatoms. The van der Waals surface area contributed by atoms with Crippen LogP contribution in [0.2, 0.25) is 0 Å². The lowest BCUT2D eigenvalue weighted by Gasteiger charge is -2.09. The minimum atomic E-state index is 0.321. The van der Waals surface area contributed by atoms with Gasteiger partial charge < -0.3 is 10.1 Å². The molecule has 0 saturated heterocycles. The van der Waals surface area contributed by atoms with Crippen molar-refractivity contribution in [3.05, 3.63) is 35.8 Å². The van der Waals surface area contributed by atoms with Gasteiger partial charge in [-0.2, -0.15) is 5.10 Å². The predicted octanol–water partition coefficient (Wildman–Crippen LogP) is 3.32. The maximum atomic E-state index is 5.85. The van der Waals surface area contributed by atoms with Crippen molar-refractivity contribution in [3.8, 4) is 11.6 Å². The number of pyridine rings is 1.